The van der Waals surface area contributed by atoms with Gasteiger partial charge in [-0.2, -0.15) is 0 Å². The molecule has 7 nitrogen and oxygen atoms in total. The van der Waals surface area contributed by atoms with Crippen molar-refractivity contribution in [2.75, 3.05) is 12.4 Å². The normalized spacial score (nSPS) is 12.0. The number of amides is 2. The number of methoxy groups -OCH3 is 1. The van der Waals surface area contributed by atoms with Crippen LogP contribution in [-0.2, 0) is 25.5 Å². The van der Waals surface area contributed by atoms with E-state index in [-0.39, 0.29) is 24.7 Å². The highest BCUT2D eigenvalue weighted by molar-refractivity contribution is 7.10. The summed E-state index contributed by atoms with van der Waals surface area (Å²) in [5.74, 6) is -0.596. The molecule has 2 amide bonds. The minimum Gasteiger partial charge on any atom is -0.469 e. The van der Waals surface area contributed by atoms with E-state index in [2.05, 4.69) is 10.6 Å². The first kappa shape index (κ1) is 22.4. The van der Waals surface area contributed by atoms with Gasteiger partial charge in [0.1, 0.15) is 5.60 Å². The minimum absolute atomic E-state index is 0.0709. The number of esters is 1. The molecule has 0 fully saturated rings. The smallest absolute Gasteiger partial charge is 0.412 e. The van der Waals surface area contributed by atoms with Gasteiger partial charge in [0.05, 0.1) is 26.0 Å². The Balaban J connectivity index is 1.93. The van der Waals surface area contributed by atoms with Gasteiger partial charge in [-0.25, -0.2) is 4.79 Å². The van der Waals surface area contributed by atoms with Gasteiger partial charge in [-0.15, -0.1) is 11.3 Å². The predicted octanol–water partition coefficient (Wildman–Crippen LogP) is 4.06. The van der Waals surface area contributed by atoms with Crippen LogP contribution in [0.5, 0.6) is 0 Å². The Kier molecular flexibility index (Phi) is 7.78. The molecule has 1 unspecified atom stereocenters. The van der Waals surface area contributed by atoms with Crippen LogP contribution in [-0.4, -0.2) is 30.7 Å². The number of hydrogen-bond donors (Lipinski definition) is 2. The first-order valence-electron chi connectivity index (χ1n) is 9.15. The van der Waals surface area contributed by atoms with Gasteiger partial charge in [0.2, 0.25) is 5.91 Å². The molecule has 2 rings (SSSR count). The van der Waals surface area contributed by atoms with Crippen molar-refractivity contribution in [2.45, 2.75) is 45.3 Å². The van der Waals surface area contributed by atoms with Gasteiger partial charge in [-0.3, -0.25) is 14.9 Å². The summed E-state index contributed by atoms with van der Waals surface area (Å²) in [5.41, 5.74) is 0.775. The van der Waals surface area contributed by atoms with Crippen LogP contribution in [0.4, 0.5) is 10.5 Å². The number of hydrogen-bond acceptors (Lipinski definition) is 6. The highest BCUT2D eigenvalue weighted by atomic mass is 32.1. The number of thiophene rings is 1. The van der Waals surface area contributed by atoms with E-state index >= 15 is 0 Å². The summed E-state index contributed by atoms with van der Waals surface area (Å²) < 4.78 is 9.93. The van der Waals surface area contributed by atoms with Gasteiger partial charge in [0.15, 0.2) is 0 Å². The first-order valence-corrected chi connectivity index (χ1v) is 10.0. The second kappa shape index (κ2) is 10.1. The monoisotopic (exact) mass is 418 g/mol. The maximum absolute atomic E-state index is 12.5. The van der Waals surface area contributed by atoms with Crippen LogP contribution in [0.3, 0.4) is 0 Å². The van der Waals surface area contributed by atoms with E-state index in [1.165, 1.54) is 18.4 Å². The Labute approximate surface area is 174 Å². The van der Waals surface area contributed by atoms with Crippen molar-refractivity contribution in [3.8, 4) is 0 Å². The van der Waals surface area contributed by atoms with Gasteiger partial charge < -0.3 is 14.8 Å². The quantitative estimate of drug-likeness (QED) is 0.662. The van der Waals surface area contributed by atoms with Crippen LogP contribution in [0, 0.1) is 0 Å². The van der Waals surface area contributed by atoms with E-state index in [4.69, 9.17) is 9.47 Å². The van der Waals surface area contributed by atoms with Crippen LogP contribution in [0.25, 0.3) is 0 Å². The molecule has 8 heteroatoms. The summed E-state index contributed by atoms with van der Waals surface area (Å²) in [7, 11) is 1.32. The van der Waals surface area contributed by atoms with E-state index in [1.807, 2.05) is 17.5 Å². The molecular formula is C21H26N2O5S. The molecule has 0 saturated carbocycles. The molecule has 1 aromatic carbocycles. The van der Waals surface area contributed by atoms with Crippen LogP contribution in [0.15, 0.2) is 41.8 Å². The third-order valence-corrected chi connectivity index (χ3v) is 4.77. The average molecular weight is 419 g/mol. The number of carbonyl (C=O) groups is 3. The van der Waals surface area contributed by atoms with Gasteiger partial charge in [0, 0.05) is 10.6 Å². The largest absolute Gasteiger partial charge is 0.469 e. The zero-order chi connectivity index (χ0) is 21.4. The lowest BCUT2D eigenvalue weighted by atomic mass is 10.1. The van der Waals surface area contributed by atoms with Gasteiger partial charge in [0.25, 0.3) is 0 Å². The van der Waals surface area contributed by atoms with E-state index < -0.39 is 17.7 Å². The van der Waals surface area contributed by atoms with Crippen molar-refractivity contribution in [2.24, 2.45) is 0 Å². The lowest BCUT2D eigenvalue weighted by Crippen LogP contribution is -2.31. The fourth-order valence-corrected chi connectivity index (χ4v) is 3.30. The second-order valence-corrected chi connectivity index (χ2v) is 8.40. The van der Waals surface area contributed by atoms with Crippen molar-refractivity contribution >= 4 is 35.0 Å². The highest BCUT2D eigenvalue weighted by Crippen LogP contribution is 2.23. The van der Waals surface area contributed by atoms with Gasteiger partial charge in [-0.1, -0.05) is 18.2 Å². The molecule has 0 aliphatic heterocycles. The van der Waals surface area contributed by atoms with Crippen molar-refractivity contribution in [1.29, 1.82) is 0 Å². The Morgan fingerprint density at radius 2 is 1.79 bits per heavy atom. The van der Waals surface area contributed by atoms with Crippen LogP contribution in [0.2, 0.25) is 0 Å². The molecule has 1 aromatic heterocycles. The maximum atomic E-state index is 12.5. The highest BCUT2D eigenvalue weighted by Gasteiger charge is 2.20. The molecule has 29 heavy (non-hydrogen) atoms. The Morgan fingerprint density at radius 1 is 1.10 bits per heavy atom. The molecule has 0 radical (unpaired) electrons. The topological polar surface area (TPSA) is 93.7 Å². The Bertz CT molecular complexity index is 826. The molecule has 2 aromatic rings. The number of benzene rings is 1. The third-order valence-electron chi connectivity index (χ3n) is 3.78. The zero-order valence-electron chi connectivity index (χ0n) is 17.0. The number of rotatable bonds is 7. The standard InChI is InChI=1S/C21H26N2O5S/c1-21(2,3)28-20(26)22-15-9-7-14(8-10-15)12-18(24)23-16(13-19(25)27-4)17-6-5-11-29-17/h5-11,16H,12-13H2,1-4H3,(H,22,26)(H,23,24). The molecular weight excluding hydrogens is 392 g/mol. The van der Waals surface area contributed by atoms with E-state index in [0.29, 0.717) is 5.69 Å². The summed E-state index contributed by atoms with van der Waals surface area (Å²) in [6.07, 6.45) is -0.318. The maximum Gasteiger partial charge on any atom is 0.412 e. The summed E-state index contributed by atoms with van der Waals surface area (Å²) in [4.78, 5) is 36.8. The lowest BCUT2D eigenvalue weighted by Gasteiger charge is -2.19. The Morgan fingerprint density at radius 3 is 2.34 bits per heavy atom. The van der Waals surface area contributed by atoms with Crippen LogP contribution in [0.1, 0.15) is 43.7 Å². The average Bonchev–Trinajstić information content (AvgIpc) is 3.15. The molecule has 1 heterocycles. The fourth-order valence-electron chi connectivity index (χ4n) is 2.52. The van der Waals surface area contributed by atoms with Crippen LogP contribution < -0.4 is 10.6 Å². The van der Waals surface area contributed by atoms with Crippen LogP contribution >= 0.6 is 11.3 Å². The number of ether oxygens (including phenoxy) is 2. The van der Waals surface area contributed by atoms with Crippen molar-refractivity contribution < 1.29 is 23.9 Å². The molecule has 0 aliphatic rings. The molecule has 1 atom stereocenters. The Hall–Kier alpha value is -2.87. The number of anilines is 1. The first-order chi connectivity index (χ1) is 13.7. The van der Waals surface area contributed by atoms with Crippen molar-refractivity contribution in [3.63, 3.8) is 0 Å². The molecule has 0 saturated heterocycles. The summed E-state index contributed by atoms with van der Waals surface area (Å²) in [5, 5.41) is 7.42. The lowest BCUT2D eigenvalue weighted by molar-refractivity contribution is -0.141. The van der Waals surface area contributed by atoms with Gasteiger partial charge in [-0.05, 0) is 49.9 Å². The van der Waals surface area contributed by atoms with Gasteiger partial charge >= 0.3 is 12.1 Å². The summed E-state index contributed by atoms with van der Waals surface area (Å²) >= 11 is 1.47. The summed E-state index contributed by atoms with van der Waals surface area (Å²) in [6, 6.07) is 10.2. The third kappa shape index (κ3) is 7.95. The summed E-state index contributed by atoms with van der Waals surface area (Å²) in [6.45, 7) is 5.37. The predicted molar refractivity (Wildman–Crippen MR) is 112 cm³/mol. The number of nitrogens with one attached hydrogen (secondary N) is 2. The number of carbonyl (C=O) groups excluding carboxylic acids is 3. The minimum atomic E-state index is -0.578. The molecule has 156 valence electrons. The zero-order valence-corrected chi connectivity index (χ0v) is 17.8. The van der Waals surface area contributed by atoms with Crippen molar-refractivity contribution in [3.05, 3.63) is 52.2 Å². The molecule has 0 aliphatic carbocycles. The van der Waals surface area contributed by atoms with E-state index in [1.54, 1.807) is 45.0 Å². The van der Waals surface area contributed by atoms with E-state index in [0.717, 1.165) is 10.4 Å². The van der Waals surface area contributed by atoms with E-state index in [9.17, 15) is 14.4 Å². The molecule has 0 spiro atoms. The van der Waals surface area contributed by atoms with Crippen molar-refractivity contribution in [1.82, 2.24) is 5.32 Å². The molecule has 0 bridgehead atoms. The fraction of sp³-hybridized carbons (Fsp3) is 0.381. The second-order valence-electron chi connectivity index (χ2n) is 7.42. The molecule has 2 N–H and O–H groups in total. The SMILES string of the molecule is COC(=O)CC(NC(=O)Cc1ccc(NC(=O)OC(C)(C)C)cc1)c1cccs1.